The summed E-state index contributed by atoms with van der Waals surface area (Å²) in [6.45, 7) is 3.18. The number of rotatable bonds is 12. The lowest BCUT2D eigenvalue weighted by Crippen LogP contribution is -2.48. The number of benzene rings is 1. The third-order valence-corrected chi connectivity index (χ3v) is 5.31. The van der Waals surface area contributed by atoms with Crippen LogP contribution in [-0.2, 0) is 4.79 Å². The minimum absolute atomic E-state index is 0.439. The van der Waals surface area contributed by atoms with Gasteiger partial charge in [-0.1, -0.05) is 18.6 Å². The van der Waals surface area contributed by atoms with Crippen LogP contribution in [0.5, 0.6) is 11.5 Å². The van der Waals surface area contributed by atoms with Crippen LogP contribution in [0.1, 0.15) is 39.0 Å². The number of hydrogen-bond donors (Lipinski definition) is 4. The Balaban J connectivity index is 1.74. The van der Waals surface area contributed by atoms with Crippen LogP contribution < -0.4 is 9.47 Å². The molecule has 0 aromatic heterocycles. The van der Waals surface area contributed by atoms with Crippen molar-refractivity contribution in [3.63, 3.8) is 0 Å². The maximum Gasteiger partial charge on any atom is 0.367 e. The molecule has 0 bridgehead atoms. The van der Waals surface area contributed by atoms with Crippen LogP contribution in [0.25, 0.3) is 0 Å². The van der Waals surface area contributed by atoms with Crippen molar-refractivity contribution in [2.75, 3.05) is 13.2 Å². The Morgan fingerprint density at radius 3 is 2.55 bits per heavy atom. The van der Waals surface area contributed by atoms with Gasteiger partial charge in [-0.15, -0.1) is 5.73 Å². The smallest absolute Gasteiger partial charge is 0.367 e. The number of aliphatic hydroxyl groups excluding tert-OH is 1. The Morgan fingerprint density at radius 1 is 1.23 bits per heavy atom. The van der Waals surface area contributed by atoms with Gasteiger partial charge in [-0.3, -0.25) is 0 Å². The number of aliphatic hydroxyl groups is 3. The molecule has 1 fully saturated rings. The summed E-state index contributed by atoms with van der Waals surface area (Å²) in [4.78, 5) is 10.7. The van der Waals surface area contributed by atoms with E-state index in [9.17, 15) is 20.1 Å². The minimum atomic E-state index is -3.22. The van der Waals surface area contributed by atoms with Crippen LogP contribution in [0.3, 0.4) is 0 Å². The Bertz CT molecular complexity index is 776. The lowest BCUT2D eigenvalue weighted by molar-refractivity contribution is -0.227. The second kappa shape index (κ2) is 12.3. The van der Waals surface area contributed by atoms with Crippen LogP contribution in [0.4, 0.5) is 0 Å². The molecule has 1 aromatic rings. The summed E-state index contributed by atoms with van der Waals surface area (Å²) in [7, 11) is 0. The molecule has 0 saturated heterocycles. The number of hydrogen-bond acceptors (Lipinski definition) is 6. The highest BCUT2D eigenvalue weighted by molar-refractivity contribution is 5.76. The molecular formula is C24H32O7. The monoisotopic (exact) mass is 432 g/mol. The summed E-state index contributed by atoms with van der Waals surface area (Å²) in [6.07, 6.45) is 9.92. The standard InChI is InChI=1S/C24H32O7/c1-2-30-20-13-15-21(16-14-20)31-17-6-5-9-19-11-7-10-18(19)8-3-4-12-22(25)24(28,29)23(26)27/h3,5,9,12-16,18-19,22,25,28-29H,2,6-8,10-11,17H2,1H3,(H,26,27)/b9-5+/t4?,18-,19-,22?/m0/s1. The van der Waals surface area contributed by atoms with E-state index in [1.54, 1.807) is 6.08 Å². The van der Waals surface area contributed by atoms with Crippen molar-refractivity contribution in [1.29, 1.82) is 0 Å². The van der Waals surface area contributed by atoms with Crippen LogP contribution in [0, 0.1) is 11.8 Å². The first kappa shape index (κ1) is 24.7. The quantitative estimate of drug-likeness (QED) is 0.174. The summed E-state index contributed by atoms with van der Waals surface area (Å²) >= 11 is 0. The lowest BCUT2D eigenvalue weighted by Gasteiger charge is -2.19. The van der Waals surface area contributed by atoms with Gasteiger partial charge in [0.25, 0.3) is 5.79 Å². The second-order valence-corrected chi connectivity index (χ2v) is 7.57. The van der Waals surface area contributed by atoms with Crippen LogP contribution >= 0.6 is 0 Å². The zero-order valence-electron chi connectivity index (χ0n) is 17.8. The number of allylic oxidation sites excluding steroid dienone is 1. The largest absolute Gasteiger partial charge is 0.494 e. The zero-order valence-corrected chi connectivity index (χ0v) is 17.8. The molecule has 7 heteroatoms. The molecule has 170 valence electrons. The molecule has 1 unspecified atom stereocenters. The van der Waals surface area contributed by atoms with Crippen molar-refractivity contribution in [2.24, 2.45) is 11.8 Å². The maximum atomic E-state index is 10.7. The van der Waals surface area contributed by atoms with Crippen LogP contribution in [0.15, 0.2) is 54.3 Å². The topological polar surface area (TPSA) is 116 Å². The molecule has 1 aliphatic rings. The number of carbonyl (C=O) groups is 1. The Hall–Kier alpha value is -2.57. The average molecular weight is 433 g/mol. The molecule has 0 heterocycles. The fraction of sp³-hybridized carbons (Fsp3) is 0.500. The van der Waals surface area contributed by atoms with Crippen molar-refractivity contribution in [3.8, 4) is 11.5 Å². The summed E-state index contributed by atoms with van der Waals surface area (Å²) < 4.78 is 11.2. The SMILES string of the molecule is CCOc1ccc(OCC/C=C/[C@H]2CCC[C@@H]2CC=C=CC(O)C(O)(O)C(=O)O)cc1. The summed E-state index contributed by atoms with van der Waals surface area (Å²) in [5, 5.41) is 36.7. The zero-order chi connectivity index (χ0) is 22.7. The van der Waals surface area contributed by atoms with Gasteiger partial charge in [0, 0.05) is 0 Å². The van der Waals surface area contributed by atoms with E-state index in [1.165, 1.54) is 0 Å². The predicted molar refractivity (Wildman–Crippen MR) is 116 cm³/mol. The predicted octanol–water partition coefficient (Wildman–Crippen LogP) is 3.05. The molecule has 0 radical (unpaired) electrons. The maximum absolute atomic E-state index is 10.7. The molecule has 1 aliphatic carbocycles. The van der Waals surface area contributed by atoms with Crippen molar-refractivity contribution >= 4 is 5.97 Å². The third kappa shape index (κ3) is 7.89. The fourth-order valence-electron chi connectivity index (χ4n) is 3.55. The molecule has 1 saturated carbocycles. The van der Waals surface area contributed by atoms with E-state index in [2.05, 4.69) is 17.9 Å². The van der Waals surface area contributed by atoms with Gasteiger partial charge in [0.15, 0.2) is 0 Å². The normalized spacial score (nSPS) is 19.6. The van der Waals surface area contributed by atoms with Crippen molar-refractivity contribution in [1.82, 2.24) is 0 Å². The Labute approximate surface area is 182 Å². The van der Waals surface area contributed by atoms with Crippen LogP contribution in [-0.4, -0.2) is 51.5 Å². The first-order valence-electron chi connectivity index (χ1n) is 10.6. The van der Waals surface area contributed by atoms with Gasteiger partial charge in [0.2, 0.25) is 0 Å². The summed E-state index contributed by atoms with van der Waals surface area (Å²) in [6, 6.07) is 7.57. The molecule has 7 nitrogen and oxygen atoms in total. The third-order valence-electron chi connectivity index (χ3n) is 5.31. The van der Waals surface area contributed by atoms with Crippen LogP contribution in [0.2, 0.25) is 0 Å². The highest BCUT2D eigenvalue weighted by Gasteiger charge is 2.40. The van der Waals surface area contributed by atoms with E-state index >= 15 is 0 Å². The fourth-order valence-corrected chi connectivity index (χ4v) is 3.55. The number of aliphatic carboxylic acids is 1. The Kier molecular flexibility index (Phi) is 9.82. The summed E-state index contributed by atoms with van der Waals surface area (Å²) in [5.74, 6) is -2.60. The van der Waals surface area contributed by atoms with E-state index in [0.29, 0.717) is 25.0 Å². The highest BCUT2D eigenvalue weighted by Crippen LogP contribution is 2.35. The van der Waals surface area contributed by atoms with Gasteiger partial charge >= 0.3 is 5.97 Å². The van der Waals surface area contributed by atoms with E-state index in [0.717, 1.165) is 49.7 Å². The molecule has 0 spiro atoms. The average Bonchev–Trinajstić information content (AvgIpc) is 3.19. The van der Waals surface area contributed by atoms with Gasteiger partial charge in [-0.05, 0) is 80.9 Å². The molecule has 0 amide bonds. The number of carboxylic acids is 1. The van der Waals surface area contributed by atoms with Crippen molar-refractivity contribution < 1.29 is 34.7 Å². The van der Waals surface area contributed by atoms with Crippen molar-refractivity contribution in [2.45, 2.75) is 50.9 Å². The number of carboxylic acid groups (broad SMARTS) is 1. The van der Waals surface area contributed by atoms with Gasteiger partial charge in [0.1, 0.15) is 17.6 Å². The summed E-state index contributed by atoms with van der Waals surface area (Å²) in [5.41, 5.74) is 2.66. The van der Waals surface area contributed by atoms with Gasteiger partial charge in [-0.2, -0.15) is 0 Å². The Morgan fingerprint density at radius 2 is 1.90 bits per heavy atom. The molecule has 0 aliphatic heterocycles. The molecule has 4 N–H and O–H groups in total. The van der Waals surface area contributed by atoms with Gasteiger partial charge in [0.05, 0.1) is 13.2 Å². The van der Waals surface area contributed by atoms with Gasteiger partial charge in [-0.25, -0.2) is 4.79 Å². The first-order chi connectivity index (χ1) is 14.8. The second-order valence-electron chi connectivity index (χ2n) is 7.57. The van der Waals surface area contributed by atoms with Crippen molar-refractivity contribution in [3.05, 3.63) is 54.3 Å². The molecular weight excluding hydrogens is 400 g/mol. The molecule has 31 heavy (non-hydrogen) atoms. The first-order valence-corrected chi connectivity index (χ1v) is 10.6. The van der Waals surface area contributed by atoms with E-state index in [-0.39, 0.29) is 0 Å². The molecule has 3 atom stereocenters. The van der Waals surface area contributed by atoms with E-state index < -0.39 is 17.9 Å². The van der Waals surface area contributed by atoms with E-state index in [1.807, 2.05) is 31.2 Å². The minimum Gasteiger partial charge on any atom is -0.494 e. The lowest BCUT2D eigenvalue weighted by atomic mass is 9.92. The molecule has 2 rings (SSSR count). The van der Waals surface area contributed by atoms with Gasteiger partial charge < -0.3 is 29.9 Å². The highest BCUT2D eigenvalue weighted by atomic mass is 16.6. The van der Waals surface area contributed by atoms with E-state index in [4.69, 9.17) is 14.6 Å². The number of ether oxygens (including phenoxy) is 2. The molecule has 1 aromatic carbocycles.